The van der Waals surface area contributed by atoms with Gasteiger partial charge in [0.25, 0.3) is 0 Å². The van der Waals surface area contributed by atoms with E-state index in [0.717, 1.165) is 16.5 Å². The summed E-state index contributed by atoms with van der Waals surface area (Å²) < 4.78 is 10.6. The lowest BCUT2D eigenvalue weighted by atomic mass is 9.84. The Kier molecular flexibility index (Phi) is 5.54. The molecule has 1 atom stereocenters. The van der Waals surface area contributed by atoms with Gasteiger partial charge < -0.3 is 14.5 Å². The fourth-order valence-corrected chi connectivity index (χ4v) is 4.17. The molecular weight excluding hydrogens is 400 g/mol. The minimum atomic E-state index is -1.57. The molecule has 2 aromatic carbocycles. The lowest BCUT2D eigenvalue weighted by Gasteiger charge is -2.31. The molecule has 0 spiro atoms. The van der Waals surface area contributed by atoms with E-state index >= 15 is 0 Å². The number of thiophene rings is 1. The van der Waals surface area contributed by atoms with Crippen LogP contribution >= 0.6 is 11.3 Å². The van der Waals surface area contributed by atoms with E-state index in [0.29, 0.717) is 11.1 Å². The van der Waals surface area contributed by atoms with Crippen molar-refractivity contribution in [3.05, 3.63) is 94.3 Å². The van der Waals surface area contributed by atoms with Crippen LogP contribution in [0.15, 0.2) is 77.6 Å². The van der Waals surface area contributed by atoms with Gasteiger partial charge >= 0.3 is 12.1 Å². The van der Waals surface area contributed by atoms with Crippen LogP contribution in [-0.4, -0.2) is 24.2 Å². The summed E-state index contributed by atoms with van der Waals surface area (Å²) in [5, 5.41) is 7.24. The van der Waals surface area contributed by atoms with Crippen LogP contribution in [0.2, 0.25) is 0 Å². The number of para-hydroxylation sites is 1. The van der Waals surface area contributed by atoms with E-state index in [-0.39, 0.29) is 6.61 Å². The van der Waals surface area contributed by atoms with Gasteiger partial charge in [-0.15, -0.1) is 0 Å². The van der Waals surface area contributed by atoms with Gasteiger partial charge in [-0.1, -0.05) is 48.5 Å². The highest BCUT2D eigenvalue weighted by Crippen LogP contribution is 2.37. The Hall–Kier alpha value is -3.58. The first kappa shape index (κ1) is 19.7. The number of aromatic amines is 1. The van der Waals surface area contributed by atoms with Gasteiger partial charge in [-0.3, -0.25) is 5.32 Å². The van der Waals surface area contributed by atoms with E-state index in [1.807, 2.05) is 65.4 Å². The van der Waals surface area contributed by atoms with Crippen molar-refractivity contribution < 1.29 is 19.1 Å². The van der Waals surface area contributed by atoms with Crippen LogP contribution in [0.3, 0.4) is 0 Å². The summed E-state index contributed by atoms with van der Waals surface area (Å²) >= 11 is 1.43. The minimum absolute atomic E-state index is 0.0801. The molecule has 2 heterocycles. The minimum Gasteiger partial charge on any atom is -0.459 e. The van der Waals surface area contributed by atoms with Gasteiger partial charge in [0, 0.05) is 28.2 Å². The summed E-state index contributed by atoms with van der Waals surface area (Å²) in [7, 11) is 1.26. The molecule has 0 radical (unpaired) electrons. The van der Waals surface area contributed by atoms with Crippen molar-refractivity contribution in [2.75, 3.05) is 7.11 Å². The molecule has 0 saturated heterocycles. The zero-order chi connectivity index (χ0) is 21.0. The number of fused-ring (bicyclic) bond motifs is 1. The number of hydrogen-bond acceptors (Lipinski definition) is 5. The standard InChI is InChI=1S/C23H20N2O4S/c1-28-22(27)25-23(17-11-12-30-15-17,19-13-24-20-10-6-5-9-18(19)20)21(26)29-14-16-7-3-2-4-8-16/h2-13,15,24H,14H2,1H3,(H,25,27)/t23-/m0/s1. The van der Waals surface area contributed by atoms with E-state index in [1.54, 1.807) is 12.3 Å². The number of hydrogen-bond donors (Lipinski definition) is 2. The number of ether oxygens (including phenoxy) is 2. The quantitative estimate of drug-likeness (QED) is 0.448. The summed E-state index contributed by atoms with van der Waals surface area (Å²) in [5.41, 5.74) is 1.30. The van der Waals surface area contributed by atoms with Gasteiger partial charge in [0.1, 0.15) is 6.61 Å². The number of rotatable bonds is 6. The second-order valence-electron chi connectivity index (χ2n) is 6.69. The van der Waals surface area contributed by atoms with Crippen LogP contribution in [0.25, 0.3) is 10.9 Å². The molecule has 0 bridgehead atoms. The van der Waals surface area contributed by atoms with Gasteiger partial charge in [-0.05, 0) is 28.5 Å². The van der Waals surface area contributed by atoms with Gasteiger partial charge in [-0.2, -0.15) is 11.3 Å². The van der Waals surface area contributed by atoms with Crippen LogP contribution in [0.4, 0.5) is 4.79 Å². The van der Waals surface area contributed by atoms with Gasteiger partial charge in [-0.25, -0.2) is 9.59 Å². The maximum absolute atomic E-state index is 13.6. The molecule has 0 saturated carbocycles. The third kappa shape index (κ3) is 3.55. The molecule has 0 fully saturated rings. The van der Waals surface area contributed by atoms with E-state index in [4.69, 9.17) is 9.47 Å². The Morgan fingerprint density at radius 1 is 1.07 bits per heavy atom. The SMILES string of the molecule is COC(=O)N[C@@](C(=O)OCc1ccccc1)(c1ccsc1)c1c[nH]c2ccccc12. The highest BCUT2D eigenvalue weighted by atomic mass is 32.1. The molecule has 6 nitrogen and oxygen atoms in total. The Labute approximate surface area is 177 Å². The van der Waals surface area contributed by atoms with Crippen molar-refractivity contribution in [2.24, 2.45) is 0 Å². The fraction of sp³-hybridized carbons (Fsp3) is 0.130. The Bertz CT molecular complexity index is 1150. The first-order valence-electron chi connectivity index (χ1n) is 9.31. The molecule has 2 aromatic heterocycles. The van der Waals surface area contributed by atoms with Crippen molar-refractivity contribution >= 4 is 34.3 Å². The monoisotopic (exact) mass is 420 g/mol. The zero-order valence-electron chi connectivity index (χ0n) is 16.3. The van der Waals surface area contributed by atoms with Gasteiger partial charge in [0.15, 0.2) is 5.54 Å². The maximum Gasteiger partial charge on any atom is 0.408 e. The fourth-order valence-electron chi connectivity index (χ4n) is 3.47. The average molecular weight is 420 g/mol. The number of carbonyl (C=O) groups is 2. The zero-order valence-corrected chi connectivity index (χ0v) is 17.1. The summed E-state index contributed by atoms with van der Waals surface area (Å²) in [6, 6.07) is 18.8. The third-order valence-electron chi connectivity index (χ3n) is 4.94. The maximum atomic E-state index is 13.6. The number of benzene rings is 2. The summed E-state index contributed by atoms with van der Waals surface area (Å²) in [5.74, 6) is -0.597. The van der Waals surface area contributed by atoms with Crippen molar-refractivity contribution in [1.82, 2.24) is 10.3 Å². The molecule has 0 unspecified atom stereocenters. The van der Waals surface area contributed by atoms with E-state index in [2.05, 4.69) is 10.3 Å². The van der Waals surface area contributed by atoms with E-state index in [9.17, 15) is 9.59 Å². The van der Waals surface area contributed by atoms with Gasteiger partial charge in [0.05, 0.1) is 7.11 Å². The lowest BCUT2D eigenvalue weighted by Crippen LogP contribution is -2.53. The van der Waals surface area contributed by atoms with Crippen molar-refractivity contribution in [3.8, 4) is 0 Å². The molecule has 2 N–H and O–H groups in total. The van der Waals surface area contributed by atoms with Crippen LogP contribution < -0.4 is 5.32 Å². The van der Waals surface area contributed by atoms with Gasteiger partial charge in [0.2, 0.25) is 0 Å². The van der Waals surface area contributed by atoms with Crippen molar-refractivity contribution in [1.29, 1.82) is 0 Å². The summed E-state index contributed by atoms with van der Waals surface area (Å²) in [6.45, 7) is 0.0801. The highest BCUT2D eigenvalue weighted by molar-refractivity contribution is 7.08. The van der Waals surface area contributed by atoms with E-state index in [1.165, 1.54) is 18.4 Å². The molecule has 0 aliphatic rings. The van der Waals surface area contributed by atoms with Crippen LogP contribution in [0, 0.1) is 0 Å². The second-order valence-corrected chi connectivity index (χ2v) is 7.47. The smallest absolute Gasteiger partial charge is 0.408 e. The first-order valence-corrected chi connectivity index (χ1v) is 10.3. The van der Waals surface area contributed by atoms with Crippen LogP contribution in [0.5, 0.6) is 0 Å². The molecular formula is C23H20N2O4S. The second kappa shape index (κ2) is 8.42. The topological polar surface area (TPSA) is 80.4 Å². The Morgan fingerprint density at radius 2 is 1.83 bits per heavy atom. The Balaban J connectivity index is 1.84. The molecule has 0 aliphatic heterocycles. The highest BCUT2D eigenvalue weighted by Gasteiger charge is 2.47. The number of alkyl carbamates (subject to hydrolysis) is 1. The lowest BCUT2D eigenvalue weighted by molar-refractivity contribution is -0.151. The van der Waals surface area contributed by atoms with Crippen LogP contribution in [0.1, 0.15) is 16.7 Å². The molecule has 7 heteroatoms. The van der Waals surface area contributed by atoms with Crippen molar-refractivity contribution in [3.63, 3.8) is 0 Å². The number of H-pyrrole nitrogens is 1. The number of amides is 1. The number of methoxy groups -OCH3 is 1. The third-order valence-corrected chi connectivity index (χ3v) is 5.62. The summed E-state index contributed by atoms with van der Waals surface area (Å²) in [4.78, 5) is 29.2. The average Bonchev–Trinajstić information content (AvgIpc) is 3.47. The number of carbonyl (C=O) groups excluding carboxylic acids is 2. The molecule has 152 valence electrons. The number of esters is 1. The molecule has 0 aliphatic carbocycles. The largest absolute Gasteiger partial charge is 0.459 e. The molecule has 30 heavy (non-hydrogen) atoms. The molecule has 1 amide bonds. The predicted octanol–water partition coefficient (Wildman–Crippen LogP) is 4.57. The molecule has 4 rings (SSSR count). The Morgan fingerprint density at radius 3 is 2.57 bits per heavy atom. The predicted molar refractivity (Wildman–Crippen MR) is 115 cm³/mol. The van der Waals surface area contributed by atoms with Crippen molar-refractivity contribution in [2.45, 2.75) is 12.1 Å². The number of aromatic nitrogens is 1. The summed E-state index contributed by atoms with van der Waals surface area (Å²) in [6.07, 6.45) is 0.991. The normalized spacial score (nSPS) is 12.8. The first-order chi connectivity index (χ1) is 14.6. The molecule has 4 aromatic rings. The number of nitrogens with one attached hydrogen (secondary N) is 2. The van der Waals surface area contributed by atoms with Crippen LogP contribution in [-0.2, 0) is 26.4 Å². The van der Waals surface area contributed by atoms with E-state index < -0.39 is 17.6 Å².